The number of nitrogens with zero attached hydrogens (tertiary/aromatic N) is 2. The zero-order valence-electron chi connectivity index (χ0n) is 22.9. The second kappa shape index (κ2) is 7.38. The second-order valence-corrected chi connectivity index (χ2v) is 11.9. The molecule has 0 unspecified atom stereocenters. The minimum atomic E-state index is 0.176. The van der Waals surface area contributed by atoms with Gasteiger partial charge in [0.15, 0.2) is 0 Å². The summed E-state index contributed by atoms with van der Waals surface area (Å²) in [4.78, 5) is 0. The number of fused-ring (bicyclic) bond motifs is 10. The molecule has 41 heavy (non-hydrogen) atoms. The molecule has 0 saturated carbocycles. The van der Waals surface area contributed by atoms with Gasteiger partial charge >= 0.3 is 6.85 Å². The van der Waals surface area contributed by atoms with Crippen LogP contribution in [0.5, 0.6) is 0 Å². The zero-order valence-corrected chi connectivity index (χ0v) is 22.9. The molecule has 190 valence electrons. The number of aromatic nitrogens is 2. The van der Waals surface area contributed by atoms with Gasteiger partial charge in [-0.3, -0.25) is 0 Å². The summed E-state index contributed by atoms with van der Waals surface area (Å²) in [7, 11) is 0. The summed E-state index contributed by atoms with van der Waals surface area (Å²) in [5.74, 6) is 0. The maximum absolute atomic E-state index is 2.64. The maximum atomic E-state index is 2.64. The van der Waals surface area contributed by atoms with Crippen molar-refractivity contribution in [1.82, 2.24) is 9.05 Å². The van der Waals surface area contributed by atoms with Gasteiger partial charge in [0, 0.05) is 49.4 Å². The van der Waals surface area contributed by atoms with Gasteiger partial charge < -0.3 is 9.05 Å². The van der Waals surface area contributed by atoms with Crippen LogP contribution in [0.4, 0.5) is 0 Å². The monoisotopic (exact) mass is 520 g/mol. The molecule has 2 aromatic heterocycles. The molecule has 10 rings (SSSR count). The first-order valence-electron chi connectivity index (χ1n) is 14.5. The highest BCUT2D eigenvalue weighted by atomic mass is 15.0. The highest BCUT2D eigenvalue weighted by Crippen LogP contribution is 2.46. The van der Waals surface area contributed by atoms with Crippen LogP contribution in [0.1, 0.15) is 11.1 Å². The summed E-state index contributed by atoms with van der Waals surface area (Å²) in [5, 5.41) is 5.29. The van der Waals surface area contributed by atoms with Crippen LogP contribution < -0.4 is 10.9 Å². The molecule has 0 bridgehead atoms. The summed E-state index contributed by atoms with van der Waals surface area (Å²) in [5.41, 5.74) is 17.1. The van der Waals surface area contributed by atoms with Crippen molar-refractivity contribution in [3.05, 3.63) is 126 Å². The number of benzene rings is 6. The number of rotatable bonds is 1. The Morgan fingerprint density at radius 1 is 0.463 bits per heavy atom. The molecule has 0 N–H and O–H groups in total. The van der Waals surface area contributed by atoms with E-state index in [9.17, 15) is 0 Å². The molecule has 2 aliphatic heterocycles. The molecule has 0 saturated heterocycles. The average molecular weight is 520 g/mol. The molecule has 8 aromatic rings. The van der Waals surface area contributed by atoms with Gasteiger partial charge in [-0.1, -0.05) is 90.0 Å². The Bertz CT molecular complexity index is 2400. The van der Waals surface area contributed by atoms with Crippen molar-refractivity contribution in [2.45, 2.75) is 13.8 Å². The van der Waals surface area contributed by atoms with Crippen LogP contribution in [0.15, 0.2) is 115 Å². The first-order valence-corrected chi connectivity index (χ1v) is 14.5. The van der Waals surface area contributed by atoms with E-state index < -0.39 is 0 Å². The lowest BCUT2D eigenvalue weighted by Gasteiger charge is -2.32. The Balaban J connectivity index is 1.42. The fourth-order valence-corrected chi connectivity index (χ4v) is 7.96. The van der Waals surface area contributed by atoms with E-state index >= 15 is 0 Å². The van der Waals surface area contributed by atoms with Crippen LogP contribution in [0, 0.1) is 13.8 Å². The van der Waals surface area contributed by atoms with Gasteiger partial charge in [0.1, 0.15) is 0 Å². The molecule has 0 radical (unpaired) electrons. The molecule has 0 amide bonds. The predicted molar refractivity (Wildman–Crippen MR) is 175 cm³/mol. The summed E-state index contributed by atoms with van der Waals surface area (Å²) in [6.45, 7) is 4.55. The predicted octanol–water partition coefficient (Wildman–Crippen LogP) is 8.12. The summed E-state index contributed by atoms with van der Waals surface area (Å²) < 4.78 is 5.12. The van der Waals surface area contributed by atoms with E-state index in [1.54, 1.807) is 0 Å². The van der Waals surface area contributed by atoms with Gasteiger partial charge in [0.05, 0.1) is 11.0 Å². The van der Waals surface area contributed by atoms with Crippen molar-refractivity contribution >= 4 is 61.4 Å². The normalized spacial score (nSPS) is 13.1. The van der Waals surface area contributed by atoms with Gasteiger partial charge in [-0.15, -0.1) is 0 Å². The van der Waals surface area contributed by atoms with Crippen LogP contribution in [0.25, 0.3) is 71.6 Å². The third kappa shape index (κ3) is 2.60. The summed E-state index contributed by atoms with van der Waals surface area (Å²) in [6.07, 6.45) is 0. The van der Waals surface area contributed by atoms with Crippen molar-refractivity contribution < 1.29 is 0 Å². The maximum Gasteiger partial charge on any atom is 0.329 e. The third-order valence-corrected chi connectivity index (χ3v) is 9.59. The number of aryl methyl sites for hydroxylation is 2. The molecule has 0 fully saturated rings. The van der Waals surface area contributed by atoms with Gasteiger partial charge in [-0.05, 0) is 72.3 Å². The average Bonchev–Trinajstić information content (AvgIpc) is 3.50. The molecule has 2 nitrogen and oxygen atoms in total. The molecule has 0 atom stereocenters. The van der Waals surface area contributed by atoms with Crippen molar-refractivity contribution in [3.63, 3.8) is 0 Å². The van der Waals surface area contributed by atoms with Crippen LogP contribution in [0.3, 0.4) is 0 Å². The van der Waals surface area contributed by atoms with Crippen LogP contribution in [-0.2, 0) is 0 Å². The number of para-hydroxylation sites is 1. The molecule has 3 heteroatoms. The van der Waals surface area contributed by atoms with E-state index in [0.29, 0.717) is 0 Å². The van der Waals surface area contributed by atoms with Crippen molar-refractivity contribution in [3.8, 4) is 27.9 Å². The lowest BCUT2D eigenvalue weighted by atomic mass is 9.45. The highest BCUT2D eigenvalue weighted by molar-refractivity contribution is 6.88. The first kappa shape index (κ1) is 21.8. The van der Waals surface area contributed by atoms with E-state index in [0.717, 1.165) is 0 Å². The quantitative estimate of drug-likeness (QED) is 0.194. The van der Waals surface area contributed by atoms with E-state index in [2.05, 4.69) is 138 Å². The van der Waals surface area contributed by atoms with E-state index in [1.165, 1.54) is 93.6 Å². The summed E-state index contributed by atoms with van der Waals surface area (Å²) in [6, 6.07) is 43.6. The summed E-state index contributed by atoms with van der Waals surface area (Å²) >= 11 is 0. The Labute approximate surface area is 238 Å². The van der Waals surface area contributed by atoms with Crippen LogP contribution >= 0.6 is 0 Å². The lowest BCUT2D eigenvalue weighted by Crippen LogP contribution is -2.53. The fraction of sp³-hybridized carbons (Fsp3) is 0.0526. The van der Waals surface area contributed by atoms with Crippen molar-refractivity contribution in [2.24, 2.45) is 0 Å². The minimum Gasteiger partial charge on any atom is -0.375 e. The van der Waals surface area contributed by atoms with E-state index in [-0.39, 0.29) is 6.85 Å². The van der Waals surface area contributed by atoms with E-state index in [1.807, 2.05) is 0 Å². The minimum absolute atomic E-state index is 0.176. The highest BCUT2D eigenvalue weighted by Gasteiger charge is 2.39. The Kier molecular flexibility index (Phi) is 3.92. The Morgan fingerprint density at radius 2 is 1.05 bits per heavy atom. The standard InChI is InChI=1S/C38H25BN2/c1-22-14-16-35-29(18-22)30-19-23(2)15-17-36(30)40(35)24-20-31-26-9-4-6-13-34(26)39-33-12-5-3-8-25(33)27-10-7-11-28-32(21-24)38(31)41(39)37(27)28/h3-21H,1-2H3. The van der Waals surface area contributed by atoms with Gasteiger partial charge in [0.25, 0.3) is 0 Å². The molecule has 0 spiro atoms. The van der Waals surface area contributed by atoms with E-state index in [4.69, 9.17) is 0 Å². The molecular weight excluding hydrogens is 495 g/mol. The fourth-order valence-electron chi connectivity index (χ4n) is 7.96. The van der Waals surface area contributed by atoms with Gasteiger partial charge in [-0.25, -0.2) is 0 Å². The molecule has 2 aliphatic rings. The van der Waals surface area contributed by atoms with Crippen molar-refractivity contribution in [1.29, 1.82) is 0 Å². The van der Waals surface area contributed by atoms with Crippen LogP contribution in [-0.4, -0.2) is 15.9 Å². The molecular formula is C38H25BN2. The van der Waals surface area contributed by atoms with Gasteiger partial charge in [0.2, 0.25) is 0 Å². The van der Waals surface area contributed by atoms with Crippen LogP contribution in [0.2, 0.25) is 0 Å². The number of hydrogen-bond donors (Lipinski definition) is 0. The largest absolute Gasteiger partial charge is 0.375 e. The molecule has 4 heterocycles. The third-order valence-electron chi connectivity index (χ3n) is 9.59. The topological polar surface area (TPSA) is 9.86 Å². The molecule has 6 aromatic carbocycles. The smallest absolute Gasteiger partial charge is 0.329 e. The van der Waals surface area contributed by atoms with Crippen molar-refractivity contribution in [2.75, 3.05) is 0 Å². The second-order valence-electron chi connectivity index (χ2n) is 11.9. The SMILES string of the molecule is Cc1ccc2c(c1)c1cc(C)ccc1n2-c1cc2c3c(c1)c1cccc4c1n3B(c1ccccc1-4)c1ccccc1-2. The number of hydrogen-bond acceptors (Lipinski definition) is 0. The molecule has 0 aliphatic carbocycles. The Hall–Kier alpha value is -5.02. The van der Waals surface area contributed by atoms with Gasteiger partial charge in [-0.2, -0.15) is 0 Å². The Morgan fingerprint density at radius 3 is 1.73 bits per heavy atom. The lowest BCUT2D eigenvalue weighted by molar-refractivity contribution is 1.18. The zero-order chi connectivity index (χ0) is 27.0. The first-order chi connectivity index (χ1) is 20.2.